The highest BCUT2D eigenvalue weighted by molar-refractivity contribution is 5.22. The van der Waals surface area contributed by atoms with Gasteiger partial charge in [0.2, 0.25) is 0 Å². The van der Waals surface area contributed by atoms with E-state index in [1.165, 1.54) is 24.3 Å². The Morgan fingerprint density at radius 2 is 0.889 bits per heavy atom. The highest BCUT2D eigenvalue weighted by Gasteiger charge is 1.89. The van der Waals surface area contributed by atoms with Gasteiger partial charge in [-0.1, -0.05) is 0 Å². The molecule has 2 nitrogen and oxygen atoms in total. The lowest BCUT2D eigenvalue weighted by molar-refractivity contribution is 0.413. The second-order valence-electron chi connectivity index (χ2n) is 3.32. The zero-order chi connectivity index (χ0) is 13.4. The first-order chi connectivity index (χ1) is 8.65. The molecule has 0 aliphatic carbocycles. The lowest BCUT2D eigenvalue weighted by Gasteiger charge is -1.95. The van der Waals surface area contributed by atoms with Crippen LogP contribution in [0.5, 0.6) is 11.5 Å². The van der Waals surface area contributed by atoms with Crippen LogP contribution in [0.4, 0.5) is 8.78 Å². The molecule has 0 bridgehead atoms. The van der Waals surface area contributed by atoms with Crippen molar-refractivity contribution in [3.8, 4) is 11.5 Å². The first kappa shape index (κ1) is 14.0. The van der Waals surface area contributed by atoms with Crippen molar-refractivity contribution in [3.63, 3.8) is 0 Å². The Morgan fingerprint density at radius 1 is 0.611 bits per heavy atom. The molecule has 0 fully saturated rings. The highest BCUT2D eigenvalue weighted by Crippen LogP contribution is 2.09. The molecule has 0 heterocycles. The van der Waals surface area contributed by atoms with E-state index in [4.69, 9.17) is 9.47 Å². The van der Waals surface area contributed by atoms with Crippen molar-refractivity contribution in [1.29, 1.82) is 0 Å². The van der Waals surface area contributed by atoms with Crippen molar-refractivity contribution in [2.45, 2.75) is 0 Å². The van der Waals surface area contributed by atoms with Crippen LogP contribution >= 0.6 is 0 Å². The number of hydrogen-bond acceptors (Lipinski definition) is 2. The molecule has 0 saturated heterocycles. The standard InChI is InChI=1S/2C7H7FO/c2*1-9-7-4-2-6(8)3-5-7/h2*2-5H,1H3. The van der Waals surface area contributed by atoms with Crippen molar-refractivity contribution < 1.29 is 18.3 Å². The predicted octanol–water partition coefficient (Wildman–Crippen LogP) is 3.67. The third-order valence-corrected chi connectivity index (χ3v) is 2.10. The third-order valence-electron chi connectivity index (χ3n) is 2.10. The molecule has 18 heavy (non-hydrogen) atoms. The summed E-state index contributed by atoms with van der Waals surface area (Å²) in [5, 5.41) is 0. The molecule has 0 amide bonds. The molecule has 0 N–H and O–H groups in total. The summed E-state index contributed by atoms with van der Waals surface area (Å²) in [5.74, 6) is 0.874. The van der Waals surface area contributed by atoms with Gasteiger partial charge >= 0.3 is 0 Å². The molecule has 96 valence electrons. The number of ether oxygens (including phenoxy) is 2. The summed E-state index contributed by atoms with van der Waals surface area (Å²) in [6, 6.07) is 11.8. The maximum absolute atomic E-state index is 12.2. The van der Waals surface area contributed by atoms with Crippen molar-refractivity contribution in [3.05, 3.63) is 60.2 Å². The Labute approximate surface area is 105 Å². The topological polar surface area (TPSA) is 18.5 Å². The zero-order valence-electron chi connectivity index (χ0n) is 10.2. The fourth-order valence-corrected chi connectivity index (χ4v) is 1.14. The van der Waals surface area contributed by atoms with Gasteiger partial charge in [-0.3, -0.25) is 0 Å². The molecule has 0 aromatic heterocycles. The average molecular weight is 252 g/mol. The second kappa shape index (κ2) is 7.27. The number of halogens is 2. The summed E-state index contributed by atoms with van der Waals surface area (Å²) in [5.41, 5.74) is 0. The Hall–Kier alpha value is -2.10. The summed E-state index contributed by atoms with van der Waals surface area (Å²) in [4.78, 5) is 0. The summed E-state index contributed by atoms with van der Waals surface area (Å²) < 4.78 is 33.9. The van der Waals surface area contributed by atoms with Gasteiger partial charge in [-0.15, -0.1) is 0 Å². The van der Waals surface area contributed by atoms with Gasteiger partial charge in [0.25, 0.3) is 0 Å². The lowest BCUT2D eigenvalue weighted by Crippen LogP contribution is -1.80. The number of benzene rings is 2. The predicted molar refractivity (Wildman–Crippen MR) is 65.9 cm³/mol. The van der Waals surface area contributed by atoms with Crippen LogP contribution in [0.3, 0.4) is 0 Å². The van der Waals surface area contributed by atoms with Crippen LogP contribution in [-0.4, -0.2) is 14.2 Å². The van der Waals surface area contributed by atoms with Gasteiger partial charge < -0.3 is 9.47 Å². The van der Waals surface area contributed by atoms with Crippen molar-refractivity contribution >= 4 is 0 Å². The zero-order valence-corrected chi connectivity index (χ0v) is 10.2. The Balaban J connectivity index is 0.000000180. The summed E-state index contributed by atoms with van der Waals surface area (Å²) in [6.07, 6.45) is 0. The SMILES string of the molecule is COc1ccc(F)cc1.COc1ccc(F)cc1. The van der Waals surface area contributed by atoms with E-state index in [1.54, 1.807) is 38.5 Å². The fourth-order valence-electron chi connectivity index (χ4n) is 1.14. The monoisotopic (exact) mass is 252 g/mol. The maximum Gasteiger partial charge on any atom is 0.123 e. The van der Waals surface area contributed by atoms with E-state index < -0.39 is 0 Å². The van der Waals surface area contributed by atoms with Gasteiger partial charge in [0, 0.05) is 0 Å². The Bertz CT molecular complexity index is 407. The average Bonchev–Trinajstić information content (AvgIpc) is 2.41. The van der Waals surface area contributed by atoms with E-state index in [2.05, 4.69) is 0 Å². The molecule has 2 rings (SSSR count). The van der Waals surface area contributed by atoms with E-state index in [0.717, 1.165) is 0 Å². The van der Waals surface area contributed by atoms with Crippen molar-refractivity contribution in [2.24, 2.45) is 0 Å². The van der Waals surface area contributed by atoms with Crippen LogP contribution in [0.1, 0.15) is 0 Å². The molecule has 2 aromatic rings. The molecule has 0 radical (unpaired) electrons. The van der Waals surface area contributed by atoms with Crippen molar-refractivity contribution in [1.82, 2.24) is 0 Å². The van der Waals surface area contributed by atoms with Gasteiger partial charge in [0.15, 0.2) is 0 Å². The van der Waals surface area contributed by atoms with Gasteiger partial charge in [0.05, 0.1) is 14.2 Å². The number of rotatable bonds is 2. The van der Waals surface area contributed by atoms with Gasteiger partial charge in [-0.25, -0.2) is 8.78 Å². The van der Waals surface area contributed by atoms with Crippen LogP contribution in [0.2, 0.25) is 0 Å². The quantitative estimate of drug-likeness (QED) is 0.812. The second-order valence-corrected chi connectivity index (χ2v) is 3.32. The summed E-state index contributed by atoms with van der Waals surface area (Å²) in [6.45, 7) is 0. The van der Waals surface area contributed by atoms with E-state index in [-0.39, 0.29) is 11.6 Å². The molecule has 0 atom stereocenters. The smallest absolute Gasteiger partial charge is 0.123 e. The highest BCUT2D eigenvalue weighted by atomic mass is 19.1. The van der Waals surface area contributed by atoms with E-state index in [0.29, 0.717) is 11.5 Å². The summed E-state index contributed by atoms with van der Waals surface area (Å²) >= 11 is 0. The molecule has 0 spiro atoms. The maximum atomic E-state index is 12.2. The number of methoxy groups -OCH3 is 2. The normalized spacial score (nSPS) is 9.11. The largest absolute Gasteiger partial charge is 0.497 e. The van der Waals surface area contributed by atoms with Crippen LogP contribution in [0.15, 0.2) is 48.5 Å². The molecule has 0 unspecified atom stereocenters. The fraction of sp³-hybridized carbons (Fsp3) is 0.143. The minimum Gasteiger partial charge on any atom is -0.497 e. The van der Waals surface area contributed by atoms with Gasteiger partial charge in [-0.05, 0) is 48.5 Å². The third kappa shape index (κ3) is 4.82. The Morgan fingerprint density at radius 3 is 1.11 bits per heavy atom. The Kier molecular flexibility index (Phi) is 5.64. The molecule has 0 aliphatic rings. The lowest BCUT2D eigenvalue weighted by atomic mass is 10.3. The molecule has 0 aliphatic heterocycles. The molecule has 0 saturated carbocycles. The van der Waals surface area contributed by atoms with E-state index in [9.17, 15) is 8.78 Å². The van der Waals surface area contributed by atoms with Crippen LogP contribution in [-0.2, 0) is 0 Å². The van der Waals surface area contributed by atoms with Gasteiger partial charge in [-0.2, -0.15) is 0 Å². The molecular formula is C14H14F2O2. The van der Waals surface area contributed by atoms with Gasteiger partial charge in [0.1, 0.15) is 23.1 Å². The minimum atomic E-state index is -0.240. The van der Waals surface area contributed by atoms with Crippen LogP contribution < -0.4 is 9.47 Å². The minimum absolute atomic E-state index is 0.240. The van der Waals surface area contributed by atoms with Crippen LogP contribution in [0, 0.1) is 11.6 Å². The van der Waals surface area contributed by atoms with E-state index >= 15 is 0 Å². The first-order valence-corrected chi connectivity index (χ1v) is 5.25. The number of hydrogen-bond donors (Lipinski definition) is 0. The molecule has 2 aromatic carbocycles. The van der Waals surface area contributed by atoms with Crippen molar-refractivity contribution in [2.75, 3.05) is 14.2 Å². The first-order valence-electron chi connectivity index (χ1n) is 5.25. The van der Waals surface area contributed by atoms with Crippen LogP contribution in [0.25, 0.3) is 0 Å². The molecule has 4 heteroatoms. The molecular weight excluding hydrogens is 238 g/mol. The van der Waals surface area contributed by atoms with E-state index in [1.807, 2.05) is 0 Å². The summed E-state index contributed by atoms with van der Waals surface area (Å²) in [7, 11) is 3.10.